The molecule has 4 nitrogen and oxygen atoms in total. The Kier molecular flexibility index (Phi) is 5.81. The normalized spacial score (nSPS) is 13.4. The number of halogens is 3. The number of alkyl halides is 3. The summed E-state index contributed by atoms with van der Waals surface area (Å²) in [7, 11) is 0. The lowest BCUT2D eigenvalue weighted by Crippen LogP contribution is -2.38. The second-order valence-electron chi connectivity index (χ2n) is 6.50. The van der Waals surface area contributed by atoms with Crippen LogP contribution < -0.4 is 5.32 Å². The van der Waals surface area contributed by atoms with Gasteiger partial charge in [0.1, 0.15) is 0 Å². The summed E-state index contributed by atoms with van der Waals surface area (Å²) in [4.78, 5) is 1.31. The van der Waals surface area contributed by atoms with Crippen LogP contribution in [0.25, 0.3) is 0 Å². The highest BCUT2D eigenvalue weighted by atomic mass is 19.4. The minimum atomic E-state index is -4.22. The average molecular weight is 307 g/mol. The van der Waals surface area contributed by atoms with E-state index in [9.17, 15) is 13.2 Å². The third-order valence-electron chi connectivity index (χ3n) is 2.88. The molecule has 0 spiro atoms. The lowest BCUT2D eigenvalue weighted by molar-refractivity contribution is -0.151. The summed E-state index contributed by atoms with van der Waals surface area (Å²) < 4.78 is 42.7. The van der Waals surface area contributed by atoms with E-state index >= 15 is 0 Å². The first-order valence-corrected chi connectivity index (χ1v) is 6.96. The second-order valence-corrected chi connectivity index (χ2v) is 6.50. The van der Waals surface area contributed by atoms with E-state index in [-0.39, 0.29) is 18.1 Å². The molecule has 0 unspecified atom stereocenters. The smallest absolute Gasteiger partial charge is 0.360 e. The molecule has 0 bridgehead atoms. The highest BCUT2D eigenvalue weighted by Gasteiger charge is 2.32. The predicted molar refractivity (Wildman–Crippen MR) is 74.7 cm³/mol. The molecule has 21 heavy (non-hydrogen) atoms. The number of rotatable bonds is 6. The first-order chi connectivity index (χ1) is 9.46. The maximum Gasteiger partial charge on any atom is 0.401 e. The van der Waals surface area contributed by atoms with Gasteiger partial charge in [0.05, 0.1) is 18.8 Å². The Balaban J connectivity index is 2.63. The van der Waals surface area contributed by atoms with E-state index in [0.29, 0.717) is 18.0 Å². The van der Waals surface area contributed by atoms with Crippen molar-refractivity contribution in [2.24, 2.45) is 0 Å². The van der Waals surface area contributed by atoms with Crippen molar-refractivity contribution in [3.63, 3.8) is 0 Å². The molecule has 0 aliphatic heterocycles. The van der Waals surface area contributed by atoms with E-state index in [0.717, 1.165) is 0 Å². The highest BCUT2D eigenvalue weighted by molar-refractivity contribution is 5.05. The van der Waals surface area contributed by atoms with Crippen LogP contribution in [0.5, 0.6) is 0 Å². The lowest BCUT2D eigenvalue weighted by Gasteiger charge is -2.26. The fourth-order valence-electron chi connectivity index (χ4n) is 1.72. The summed E-state index contributed by atoms with van der Waals surface area (Å²) in [5, 5.41) is 7.13. The fourth-order valence-corrected chi connectivity index (χ4v) is 1.72. The van der Waals surface area contributed by atoms with Crippen LogP contribution >= 0.6 is 0 Å². The van der Waals surface area contributed by atoms with Crippen LogP contribution in [0, 0.1) is 0 Å². The molecule has 122 valence electrons. The van der Waals surface area contributed by atoms with E-state index in [1.807, 2.05) is 20.8 Å². The van der Waals surface area contributed by atoms with Gasteiger partial charge in [0.2, 0.25) is 0 Å². The van der Waals surface area contributed by atoms with Crippen LogP contribution in [0.15, 0.2) is 10.6 Å². The molecule has 0 atom stereocenters. The molecule has 0 radical (unpaired) electrons. The van der Waals surface area contributed by atoms with Gasteiger partial charge in [0, 0.05) is 24.2 Å². The van der Waals surface area contributed by atoms with Gasteiger partial charge in [-0.05, 0) is 34.6 Å². The quantitative estimate of drug-likeness (QED) is 0.875. The van der Waals surface area contributed by atoms with Gasteiger partial charge in [-0.3, -0.25) is 4.90 Å². The van der Waals surface area contributed by atoms with Crippen molar-refractivity contribution in [2.45, 2.75) is 65.5 Å². The Morgan fingerprint density at radius 1 is 1.29 bits per heavy atom. The molecular formula is C14H24F3N3O. The fraction of sp³-hybridized carbons (Fsp3) is 0.786. The van der Waals surface area contributed by atoms with Gasteiger partial charge in [-0.15, -0.1) is 0 Å². The van der Waals surface area contributed by atoms with Crippen LogP contribution in [0.1, 0.15) is 46.1 Å². The molecule has 1 aromatic heterocycles. The summed E-state index contributed by atoms with van der Waals surface area (Å²) >= 11 is 0. The standard InChI is InChI=1S/C14H24F3N3O/c1-10(2)20(9-14(15,16)17)8-12-6-11(19-21-12)7-18-13(3,4)5/h6,10,18H,7-9H2,1-5H3. The number of hydrogen-bond acceptors (Lipinski definition) is 4. The van der Waals surface area contributed by atoms with Crippen molar-refractivity contribution in [3.8, 4) is 0 Å². The van der Waals surface area contributed by atoms with Crippen LogP contribution in [0.2, 0.25) is 0 Å². The van der Waals surface area contributed by atoms with Crippen molar-refractivity contribution in [1.29, 1.82) is 0 Å². The zero-order valence-corrected chi connectivity index (χ0v) is 13.2. The van der Waals surface area contributed by atoms with Gasteiger partial charge in [-0.2, -0.15) is 13.2 Å². The SMILES string of the molecule is CC(C)N(Cc1cc(CNC(C)(C)C)no1)CC(F)(F)F. The zero-order chi connectivity index (χ0) is 16.3. The molecule has 0 aliphatic rings. The summed E-state index contributed by atoms with van der Waals surface area (Å²) in [6.07, 6.45) is -4.22. The summed E-state index contributed by atoms with van der Waals surface area (Å²) in [6.45, 7) is 9.19. The summed E-state index contributed by atoms with van der Waals surface area (Å²) in [6, 6.07) is 1.47. The van der Waals surface area contributed by atoms with Crippen LogP contribution in [0.3, 0.4) is 0 Å². The van der Waals surface area contributed by atoms with Crippen molar-refractivity contribution < 1.29 is 17.7 Å². The second kappa shape index (κ2) is 6.79. The van der Waals surface area contributed by atoms with Gasteiger partial charge in [-0.1, -0.05) is 5.16 Å². The average Bonchev–Trinajstić information content (AvgIpc) is 2.70. The molecule has 1 heterocycles. The molecule has 0 amide bonds. The topological polar surface area (TPSA) is 41.3 Å². The van der Waals surface area contributed by atoms with Gasteiger partial charge in [0.15, 0.2) is 5.76 Å². The van der Waals surface area contributed by atoms with E-state index in [4.69, 9.17) is 4.52 Å². The summed E-state index contributed by atoms with van der Waals surface area (Å²) in [5.41, 5.74) is 0.634. The van der Waals surface area contributed by atoms with Crippen LogP contribution in [-0.4, -0.2) is 34.4 Å². The molecule has 0 saturated carbocycles. The van der Waals surface area contributed by atoms with Crippen molar-refractivity contribution in [3.05, 3.63) is 17.5 Å². The molecule has 0 fully saturated rings. The van der Waals surface area contributed by atoms with Gasteiger partial charge in [0.25, 0.3) is 0 Å². The molecule has 1 rings (SSSR count). The third kappa shape index (κ3) is 7.47. The van der Waals surface area contributed by atoms with Crippen LogP contribution in [0.4, 0.5) is 13.2 Å². The van der Waals surface area contributed by atoms with Gasteiger partial charge in [-0.25, -0.2) is 0 Å². The molecule has 1 aromatic rings. The van der Waals surface area contributed by atoms with Gasteiger partial charge >= 0.3 is 6.18 Å². The van der Waals surface area contributed by atoms with E-state index in [2.05, 4.69) is 10.5 Å². The van der Waals surface area contributed by atoms with Crippen LogP contribution in [-0.2, 0) is 13.1 Å². The van der Waals surface area contributed by atoms with E-state index in [1.54, 1.807) is 19.9 Å². The largest absolute Gasteiger partial charge is 0.401 e. The zero-order valence-electron chi connectivity index (χ0n) is 13.2. The van der Waals surface area contributed by atoms with Crippen molar-refractivity contribution >= 4 is 0 Å². The monoisotopic (exact) mass is 307 g/mol. The number of aromatic nitrogens is 1. The highest BCUT2D eigenvalue weighted by Crippen LogP contribution is 2.20. The Hall–Kier alpha value is -1.08. The third-order valence-corrected chi connectivity index (χ3v) is 2.88. The van der Waals surface area contributed by atoms with E-state index in [1.165, 1.54) is 4.90 Å². The predicted octanol–water partition coefficient (Wildman–Crippen LogP) is 3.34. The maximum absolute atomic E-state index is 12.5. The maximum atomic E-state index is 12.5. The van der Waals surface area contributed by atoms with Gasteiger partial charge < -0.3 is 9.84 Å². The Morgan fingerprint density at radius 3 is 2.38 bits per heavy atom. The number of nitrogens with one attached hydrogen (secondary N) is 1. The van der Waals surface area contributed by atoms with Crippen molar-refractivity contribution in [2.75, 3.05) is 6.54 Å². The van der Waals surface area contributed by atoms with Crippen molar-refractivity contribution in [1.82, 2.24) is 15.4 Å². The molecular weight excluding hydrogens is 283 g/mol. The Bertz CT molecular complexity index is 435. The van der Waals surface area contributed by atoms with E-state index < -0.39 is 12.7 Å². The minimum Gasteiger partial charge on any atom is -0.360 e. The lowest BCUT2D eigenvalue weighted by atomic mass is 10.1. The molecule has 0 saturated heterocycles. The first kappa shape index (κ1) is 18.0. The number of nitrogens with zero attached hydrogens (tertiary/aromatic N) is 2. The molecule has 0 aliphatic carbocycles. The molecule has 1 N–H and O–H groups in total. The Labute approximate surface area is 123 Å². The number of hydrogen-bond donors (Lipinski definition) is 1. The minimum absolute atomic E-state index is 0.0562. The Morgan fingerprint density at radius 2 is 1.90 bits per heavy atom. The summed E-state index contributed by atoms with van der Waals surface area (Å²) in [5.74, 6) is 0.443. The molecule has 0 aromatic carbocycles. The first-order valence-electron chi connectivity index (χ1n) is 6.96. The molecule has 7 heteroatoms.